The maximum atomic E-state index is 10.7. The van der Waals surface area contributed by atoms with E-state index in [-0.39, 0.29) is 17.9 Å². The lowest BCUT2D eigenvalue weighted by atomic mass is 10.6. The van der Waals surface area contributed by atoms with Crippen molar-refractivity contribution in [3.05, 3.63) is 0 Å². The topological polar surface area (TPSA) is 127 Å². The number of rotatable bonds is 7. The molecule has 1 aromatic heterocycles. The summed E-state index contributed by atoms with van der Waals surface area (Å²) >= 11 is 0. The maximum Gasteiger partial charge on any atom is 0.323 e. The van der Waals surface area contributed by atoms with Gasteiger partial charge in [-0.05, 0) is 6.92 Å². The minimum Gasteiger partial charge on any atom is -0.464 e. The van der Waals surface area contributed by atoms with Gasteiger partial charge in [-0.1, -0.05) is 0 Å². The van der Waals surface area contributed by atoms with Gasteiger partial charge < -0.3 is 15.4 Å². The molecule has 0 radical (unpaired) electrons. The monoisotopic (exact) mass is 255 g/mol. The number of anilines is 2. The molecule has 1 heterocycles. The van der Waals surface area contributed by atoms with Gasteiger partial charge >= 0.3 is 6.01 Å². The van der Waals surface area contributed by atoms with Crippen molar-refractivity contribution in [1.82, 2.24) is 20.3 Å². The standard InChI is InChI=1S/C9H17N7O2/c1-3-18-9-14-7(13-8(15-9)16-10)12-5-4-11-6(2)17/h3-5,10H2,1-2H3,(H,11,17)(H2,12,13,14,15,16). The van der Waals surface area contributed by atoms with Gasteiger partial charge in [0.2, 0.25) is 17.8 Å². The predicted molar refractivity (Wildman–Crippen MR) is 66.0 cm³/mol. The molecule has 0 aliphatic carbocycles. The molecule has 9 heteroatoms. The fourth-order valence-electron chi connectivity index (χ4n) is 1.11. The second-order valence-electron chi connectivity index (χ2n) is 3.25. The average Bonchev–Trinajstić information content (AvgIpc) is 2.34. The van der Waals surface area contributed by atoms with Crippen LogP contribution in [0.1, 0.15) is 13.8 Å². The van der Waals surface area contributed by atoms with Gasteiger partial charge in [0.15, 0.2) is 0 Å². The van der Waals surface area contributed by atoms with E-state index in [0.717, 1.165) is 0 Å². The Hall–Kier alpha value is -2.16. The zero-order valence-electron chi connectivity index (χ0n) is 10.4. The molecule has 100 valence electrons. The third-order valence-corrected chi connectivity index (χ3v) is 1.80. The number of carbonyl (C=O) groups excluding carboxylic acids is 1. The Labute approximate surface area is 105 Å². The summed E-state index contributed by atoms with van der Waals surface area (Å²) < 4.78 is 5.17. The summed E-state index contributed by atoms with van der Waals surface area (Å²) in [6, 6.07) is 0.183. The highest BCUT2D eigenvalue weighted by Crippen LogP contribution is 2.09. The SMILES string of the molecule is CCOc1nc(NN)nc(NCCNC(C)=O)n1. The summed E-state index contributed by atoms with van der Waals surface area (Å²) in [6.07, 6.45) is 0. The number of hydrogen-bond donors (Lipinski definition) is 4. The molecule has 0 fully saturated rings. The second-order valence-corrected chi connectivity index (χ2v) is 3.25. The van der Waals surface area contributed by atoms with E-state index in [0.29, 0.717) is 25.6 Å². The van der Waals surface area contributed by atoms with Crippen molar-refractivity contribution in [3.63, 3.8) is 0 Å². The van der Waals surface area contributed by atoms with Crippen molar-refractivity contribution in [2.24, 2.45) is 5.84 Å². The molecule has 0 unspecified atom stereocenters. The Morgan fingerprint density at radius 3 is 2.61 bits per heavy atom. The third-order valence-electron chi connectivity index (χ3n) is 1.80. The molecule has 18 heavy (non-hydrogen) atoms. The van der Waals surface area contributed by atoms with Crippen LogP contribution in [0.15, 0.2) is 0 Å². The summed E-state index contributed by atoms with van der Waals surface area (Å²) in [5, 5.41) is 5.56. The molecule has 1 aromatic rings. The first-order valence-electron chi connectivity index (χ1n) is 5.49. The molecule has 0 aliphatic heterocycles. The smallest absolute Gasteiger partial charge is 0.323 e. The van der Waals surface area contributed by atoms with E-state index in [2.05, 4.69) is 31.0 Å². The Morgan fingerprint density at radius 2 is 2.00 bits per heavy atom. The van der Waals surface area contributed by atoms with E-state index in [4.69, 9.17) is 10.6 Å². The lowest BCUT2D eigenvalue weighted by molar-refractivity contribution is -0.118. The number of hydrogen-bond acceptors (Lipinski definition) is 8. The van der Waals surface area contributed by atoms with E-state index in [9.17, 15) is 4.79 Å². The summed E-state index contributed by atoms with van der Waals surface area (Å²) in [4.78, 5) is 22.6. The Bertz CT molecular complexity index is 399. The Morgan fingerprint density at radius 1 is 1.28 bits per heavy atom. The highest BCUT2D eigenvalue weighted by atomic mass is 16.5. The predicted octanol–water partition coefficient (Wildman–Crippen LogP) is -0.896. The molecule has 0 bridgehead atoms. The van der Waals surface area contributed by atoms with Crippen LogP contribution in [0.25, 0.3) is 0 Å². The van der Waals surface area contributed by atoms with E-state index < -0.39 is 0 Å². The van der Waals surface area contributed by atoms with Gasteiger partial charge in [-0.15, -0.1) is 0 Å². The van der Waals surface area contributed by atoms with Crippen LogP contribution >= 0.6 is 0 Å². The van der Waals surface area contributed by atoms with Crippen molar-refractivity contribution < 1.29 is 9.53 Å². The van der Waals surface area contributed by atoms with Crippen molar-refractivity contribution in [2.45, 2.75) is 13.8 Å². The third kappa shape index (κ3) is 4.78. The van der Waals surface area contributed by atoms with E-state index in [1.165, 1.54) is 6.92 Å². The lowest BCUT2D eigenvalue weighted by Gasteiger charge is -2.08. The fraction of sp³-hybridized carbons (Fsp3) is 0.556. The number of nitrogens with two attached hydrogens (primary N) is 1. The fourth-order valence-corrected chi connectivity index (χ4v) is 1.11. The zero-order chi connectivity index (χ0) is 13.4. The normalized spacial score (nSPS) is 9.72. The van der Waals surface area contributed by atoms with Crippen molar-refractivity contribution >= 4 is 17.8 Å². The summed E-state index contributed by atoms with van der Waals surface area (Å²) in [6.45, 7) is 4.67. The van der Waals surface area contributed by atoms with Crippen LogP contribution in [0, 0.1) is 0 Å². The van der Waals surface area contributed by atoms with Gasteiger partial charge in [0.1, 0.15) is 0 Å². The number of nitrogens with one attached hydrogen (secondary N) is 3. The Balaban J connectivity index is 2.57. The van der Waals surface area contributed by atoms with Gasteiger partial charge in [0.05, 0.1) is 6.61 Å². The number of nitrogen functional groups attached to an aromatic ring is 1. The number of ether oxygens (including phenoxy) is 1. The molecule has 1 rings (SSSR count). The average molecular weight is 255 g/mol. The molecule has 0 aromatic carbocycles. The first-order chi connectivity index (χ1) is 8.65. The molecule has 0 saturated carbocycles. The molecular weight excluding hydrogens is 238 g/mol. The summed E-state index contributed by atoms with van der Waals surface area (Å²) in [5.74, 6) is 5.67. The lowest BCUT2D eigenvalue weighted by Crippen LogP contribution is -2.27. The van der Waals surface area contributed by atoms with Crippen molar-refractivity contribution in [1.29, 1.82) is 0 Å². The summed E-state index contributed by atoms with van der Waals surface area (Å²) in [7, 11) is 0. The largest absolute Gasteiger partial charge is 0.464 e. The van der Waals surface area contributed by atoms with Gasteiger partial charge in [-0.25, -0.2) is 5.84 Å². The molecule has 0 atom stereocenters. The number of hydrazine groups is 1. The second kappa shape index (κ2) is 7.22. The number of nitrogens with zero attached hydrogens (tertiary/aromatic N) is 3. The molecule has 0 aliphatic rings. The molecule has 0 saturated heterocycles. The quantitative estimate of drug-likeness (QED) is 0.280. The molecule has 5 N–H and O–H groups in total. The van der Waals surface area contributed by atoms with Gasteiger partial charge in [-0.2, -0.15) is 15.0 Å². The first kappa shape index (κ1) is 13.9. The van der Waals surface area contributed by atoms with E-state index in [1.807, 2.05) is 6.92 Å². The molecule has 1 amide bonds. The Kier molecular flexibility index (Phi) is 5.58. The first-order valence-corrected chi connectivity index (χ1v) is 5.49. The van der Waals surface area contributed by atoms with Crippen LogP contribution in [0.3, 0.4) is 0 Å². The number of aromatic nitrogens is 3. The van der Waals surface area contributed by atoms with Crippen LogP contribution in [-0.2, 0) is 4.79 Å². The van der Waals surface area contributed by atoms with Crippen molar-refractivity contribution in [3.8, 4) is 6.01 Å². The van der Waals surface area contributed by atoms with Gasteiger partial charge in [-0.3, -0.25) is 10.2 Å². The number of carbonyl (C=O) groups is 1. The van der Waals surface area contributed by atoms with Crippen LogP contribution in [0.5, 0.6) is 6.01 Å². The summed E-state index contributed by atoms with van der Waals surface area (Å²) in [5.41, 5.74) is 2.32. The maximum absolute atomic E-state index is 10.7. The highest BCUT2D eigenvalue weighted by Gasteiger charge is 2.05. The van der Waals surface area contributed by atoms with Crippen LogP contribution in [-0.4, -0.2) is 40.6 Å². The van der Waals surface area contributed by atoms with E-state index >= 15 is 0 Å². The zero-order valence-corrected chi connectivity index (χ0v) is 10.4. The minimum absolute atomic E-state index is 0.0910. The van der Waals surface area contributed by atoms with E-state index in [1.54, 1.807) is 0 Å². The van der Waals surface area contributed by atoms with Crippen LogP contribution in [0.2, 0.25) is 0 Å². The number of amides is 1. The minimum atomic E-state index is -0.0910. The molecule has 0 spiro atoms. The molecule has 9 nitrogen and oxygen atoms in total. The highest BCUT2D eigenvalue weighted by molar-refractivity contribution is 5.72. The van der Waals surface area contributed by atoms with Gasteiger partial charge in [0, 0.05) is 20.0 Å². The van der Waals surface area contributed by atoms with Gasteiger partial charge in [0.25, 0.3) is 0 Å². The molecular formula is C9H17N7O2. The van der Waals surface area contributed by atoms with Crippen LogP contribution in [0.4, 0.5) is 11.9 Å². The van der Waals surface area contributed by atoms with Crippen LogP contribution < -0.4 is 26.6 Å². The van der Waals surface area contributed by atoms with Crippen molar-refractivity contribution in [2.75, 3.05) is 30.4 Å².